The van der Waals surface area contributed by atoms with Crippen molar-refractivity contribution >= 4 is 11.8 Å². The van der Waals surface area contributed by atoms with Crippen molar-refractivity contribution in [2.24, 2.45) is 5.73 Å². The van der Waals surface area contributed by atoms with Crippen molar-refractivity contribution in [3.63, 3.8) is 0 Å². The molecular weight excluding hydrogens is 156 g/mol. The average molecular weight is 170 g/mol. The van der Waals surface area contributed by atoms with Gasteiger partial charge in [-0.05, 0) is 12.8 Å². The highest BCUT2D eigenvalue weighted by molar-refractivity contribution is 5.78. The monoisotopic (exact) mass is 170 g/mol. The molecule has 0 aliphatic carbocycles. The van der Waals surface area contributed by atoms with Gasteiger partial charge in [0.05, 0.1) is 0 Å². The van der Waals surface area contributed by atoms with E-state index in [-0.39, 0.29) is 17.9 Å². The van der Waals surface area contributed by atoms with Gasteiger partial charge < -0.3 is 10.6 Å². The molecule has 2 N–H and O–H groups in total. The summed E-state index contributed by atoms with van der Waals surface area (Å²) in [4.78, 5) is 23.2. The van der Waals surface area contributed by atoms with E-state index in [1.165, 1.54) is 0 Å². The summed E-state index contributed by atoms with van der Waals surface area (Å²) in [6.07, 6.45) is 2.56. The van der Waals surface area contributed by atoms with E-state index in [9.17, 15) is 9.59 Å². The molecule has 4 heteroatoms. The van der Waals surface area contributed by atoms with Crippen LogP contribution in [-0.2, 0) is 9.59 Å². The second-order valence-electron chi connectivity index (χ2n) is 3.20. The standard InChI is InChI=1S/C8H14N2O2/c1-10-6(2-4-7(9)11)3-5-8(10)12/h6H,2-5H2,1H3,(H2,9,11)/t6-/m1/s1. The summed E-state index contributed by atoms with van der Waals surface area (Å²) >= 11 is 0. The predicted octanol–water partition coefficient (Wildman–Crippen LogP) is -0.127. The molecule has 1 fully saturated rings. The first-order valence-electron chi connectivity index (χ1n) is 4.15. The number of hydrogen-bond acceptors (Lipinski definition) is 2. The lowest BCUT2D eigenvalue weighted by atomic mass is 10.1. The number of primary amides is 1. The Hall–Kier alpha value is -1.06. The quantitative estimate of drug-likeness (QED) is 0.641. The number of amides is 2. The largest absolute Gasteiger partial charge is 0.370 e. The van der Waals surface area contributed by atoms with Crippen LogP contribution >= 0.6 is 0 Å². The summed E-state index contributed by atoms with van der Waals surface area (Å²) in [5.41, 5.74) is 5.01. The van der Waals surface area contributed by atoms with Crippen molar-refractivity contribution in [2.45, 2.75) is 31.7 Å². The topological polar surface area (TPSA) is 63.4 Å². The normalized spacial score (nSPS) is 23.2. The van der Waals surface area contributed by atoms with Crippen LogP contribution in [0.4, 0.5) is 0 Å². The third-order valence-corrected chi connectivity index (χ3v) is 2.36. The SMILES string of the molecule is CN1C(=O)CC[C@H]1CCC(N)=O. The van der Waals surface area contributed by atoms with Crippen LogP contribution in [0.5, 0.6) is 0 Å². The molecule has 0 aromatic rings. The zero-order valence-corrected chi connectivity index (χ0v) is 7.25. The molecule has 0 saturated carbocycles. The number of rotatable bonds is 3. The number of carbonyl (C=O) groups is 2. The highest BCUT2D eigenvalue weighted by Gasteiger charge is 2.27. The summed E-state index contributed by atoms with van der Waals surface area (Å²) in [6.45, 7) is 0. The van der Waals surface area contributed by atoms with E-state index < -0.39 is 0 Å². The molecule has 0 bridgehead atoms. The Kier molecular flexibility index (Phi) is 2.68. The second kappa shape index (κ2) is 3.56. The fraction of sp³-hybridized carbons (Fsp3) is 0.750. The maximum absolute atomic E-state index is 11.0. The fourth-order valence-electron chi connectivity index (χ4n) is 1.51. The highest BCUT2D eigenvalue weighted by Crippen LogP contribution is 2.19. The average Bonchev–Trinajstić information content (AvgIpc) is 2.30. The van der Waals surface area contributed by atoms with Crippen molar-refractivity contribution in [1.82, 2.24) is 4.90 Å². The van der Waals surface area contributed by atoms with Gasteiger partial charge in [-0.15, -0.1) is 0 Å². The van der Waals surface area contributed by atoms with Crippen molar-refractivity contribution in [1.29, 1.82) is 0 Å². The molecule has 68 valence electrons. The first kappa shape index (κ1) is 9.03. The van der Waals surface area contributed by atoms with E-state index in [0.29, 0.717) is 19.3 Å². The Morgan fingerprint density at radius 3 is 2.83 bits per heavy atom. The minimum absolute atomic E-state index is 0.171. The van der Waals surface area contributed by atoms with E-state index in [1.54, 1.807) is 11.9 Å². The molecule has 1 aliphatic rings. The van der Waals surface area contributed by atoms with Gasteiger partial charge in [-0.25, -0.2) is 0 Å². The zero-order chi connectivity index (χ0) is 9.14. The lowest BCUT2D eigenvalue weighted by molar-refractivity contribution is -0.128. The molecule has 0 aromatic heterocycles. The Morgan fingerprint density at radius 1 is 1.75 bits per heavy atom. The van der Waals surface area contributed by atoms with Crippen molar-refractivity contribution < 1.29 is 9.59 Å². The second-order valence-corrected chi connectivity index (χ2v) is 3.20. The Balaban J connectivity index is 2.34. The first-order valence-corrected chi connectivity index (χ1v) is 4.15. The number of nitrogens with zero attached hydrogens (tertiary/aromatic N) is 1. The fourth-order valence-corrected chi connectivity index (χ4v) is 1.51. The minimum atomic E-state index is -0.289. The van der Waals surface area contributed by atoms with Crippen molar-refractivity contribution in [3.05, 3.63) is 0 Å². The number of hydrogen-bond donors (Lipinski definition) is 1. The Morgan fingerprint density at radius 2 is 2.42 bits per heavy atom. The highest BCUT2D eigenvalue weighted by atomic mass is 16.2. The van der Waals surface area contributed by atoms with Crippen LogP contribution in [0.15, 0.2) is 0 Å². The van der Waals surface area contributed by atoms with E-state index in [2.05, 4.69) is 0 Å². The molecule has 1 saturated heterocycles. The van der Waals surface area contributed by atoms with Crippen LogP contribution in [-0.4, -0.2) is 29.8 Å². The number of carbonyl (C=O) groups excluding carboxylic acids is 2. The maximum atomic E-state index is 11.0. The molecule has 0 radical (unpaired) electrons. The third kappa shape index (κ3) is 1.96. The predicted molar refractivity (Wildman–Crippen MR) is 44.2 cm³/mol. The van der Waals surface area contributed by atoms with Gasteiger partial charge in [0.1, 0.15) is 0 Å². The summed E-state index contributed by atoms with van der Waals surface area (Å²) in [5.74, 6) is -0.118. The van der Waals surface area contributed by atoms with Crippen LogP contribution in [0, 0.1) is 0 Å². The lowest BCUT2D eigenvalue weighted by Crippen LogP contribution is -2.29. The lowest BCUT2D eigenvalue weighted by Gasteiger charge is -2.18. The van der Waals surface area contributed by atoms with Crippen LogP contribution in [0.3, 0.4) is 0 Å². The molecule has 4 nitrogen and oxygen atoms in total. The summed E-state index contributed by atoms with van der Waals surface area (Å²) < 4.78 is 0. The van der Waals surface area contributed by atoms with Crippen LogP contribution < -0.4 is 5.73 Å². The van der Waals surface area contributed by atoms with Gasteiger partial charge in [0.25, 0.3) is 0 Å². The molecular formula is C8H14N2O2. The maximum Gasteiger partial charge on any atom is 0.222 e. The Labute approximate surface area is 71.7 Å². The number of nitrogens with two attached hydrogens (primary N) is 1. The van der Waals surface area contributed by atoms with Gasteiger partial charge in [-0.1, -0.05) is 0 Å². The molecule has 2 amide bonds. The third-order valence-electron chi connectivity index (χ3n) is 2.36. The minimum Gasteiger partial charge on any atom is -0.370 e. The van der Waals surface area contributed by atoms with Gasteiger partial charge >= 0.3 is 0 Å². The molecule has 12 heavy (non-hydrogen) atoms. The molecule has 1 heterocycles. The van der Waals surface area contributed by atoms with Crippen LogP contribution in [0.2, 0.25) is 0 Å². The van der Waals surface area contributed by atoms with Gasteiger partial charge in [-0.2, -0.15) is 0 Å². The van der Waals surface area contributed by atoms with E-state index in [0.717, 1.165) is 6.42 Å². The zero-order valence-electron chi connectivity index (χ0n) is 7.25. The van der Waals surface area contributed by atoms with Crippen LogP contribution in [0.25, 0.3) is 0 Å². The molecule has 0 aromatic carbocycles. The molecule has 0 spiro atoms. The summed E-state index contributed by atoms with van der Waals surface area (Å²) in [7, 11) is 1.78. The smallest absolute Gasteiger partial charge is 0.222 e. The van der Waals surface area contributed by atoms with E-state index in [4.69, 9.17) is 5.73 Å². The summed E-state index contributed by atoms with van der Waals surface area (Å²) in [5, 5.41) is 0. The van der Waals surface area contributed by atoms with Crippen molar-refractivity contribution in [3.8, 4) is 0 Å². The van der Waals surface area contributed by atoms with Gasteiger partial charge in [0.2, 0.25) is 11.8 Å². The van der Waals surface area contributed by atoms with Gasteiger partial charge in [0.15, 0.2) is 0 Å². The molecule has 1 aliphatic heterocycles. The molecule has 0 unspecified atom stereocenters. The molecule has 1 atom stereocenters. The van der Waals surface area contributed by atoms with Gasteiger partial charge in [0, 0.05) is 25.9 Å². The van der Waals surface area contributed by atoms with Crippen molar-refractivity contribution in [2.75, 3.05) is 7.05 Å². The van der Waals surface area contributed by atoms with E-state index in [1.807, 2.05) is 0 Å². The summed E-state index contributed by atoms with van der Waals surface area (Å²) in [6, 6.07) is 0.227. The van der Waals surface area contributed by atoms with Gasteiger partial charge in [-0.3, -0.25) is 9.59 Å². The van der Waals surface area contributed by atoms with E-state index >= 15 is 0 Å². The first-order chi connectivity index (χ1) is 5.61. The molecule has 1 rings (SSSR count). The Bertz CT molecular complexity index is 203. The number of likely N-dealkylation sites (tertiary alicyclic amines) is 1. The van der Waals surface area contributed by atoms with Crippen LogP contribution in [0.1, 0.15) is 25.7 Å².